The minimum Gasteiger partial charge on any atom is -0.328 e. The van der Waals surface area contributed by atoms with Gasteiger partial charge < -0.3 is 5.73 Å². The van der Waals surface area contributed by atoms with Gasteiger partial charge in [-0.05, 0) is 42.9 Å². The van der Waals surface area contributed by atoms with Gasteiger partial charge in [0.05, 0.1) is 0 Å². The summed E-state index contributed by atoms with van der Waals surface area (Å²) in [5, 5.41) is 0. The van der Waals surface area contributed by atoms with Crippen molar-refractivity contribution in [3.63, 3.8) is 0 Å². The van der Waals surface area contributed by atoms with Crippen LogP contribution in [0.4, 0.5) is 0 Å². The summed E-state index contributed by atoms with van der Waals surface area (Å²) in [6.45, 7) is 4.69. The molecule has 2 rings (SSSR count). The Morgan fingerprint density at radius 1 is 1.17 bits per heavy atom. The third-order valence-corrected chi connectivity index (χ3v) is 3.72. The normalized spacial score (nSPS) is 45.0. The first kappa shape index (κ1) is 10.0. The van der Waals surface area contributed by atoms with E-state index in [4.69, 9.17) is 5.73 Å². The Labute approximate surface area is 76.7 Å². The molecule has 0 atom stereocenters. The fourth-order valence-electron chi connectivity index (χ4n) is 2.91. The van der Waals surface area contributed by atoms with Crippen molar-refractivity contribution in [1.82, 2.24) is 0 Å². The molecular weight excluding hydrogens is 146 g/mol. The van der Waals surface area contributed by atoms with Gasteiger partial charge in [-0.3, -0.25) is 0 Å². The average molecular weight is 169 g/mol. The second kappa shape index (κ2) is 3.02. The highest BCUT2D eigenvalue weighted by Crippen LogP contribution is 2.59. The van der Waals surface area contributed by atoms with E-state index in [1.54, 1.807) is 0 Å². The van der Waals surface area contributed by atoms with Crippen LogP contribution in [-0.4, -0.2) is 6.04 Å². The summed E-state index contributed by atoms with van der Waals surface area (Å²) in [5.74, 6) is 1.92. The van der Waals surface area contributed by atoms with Crippen LogP contribution in [0.1, 0.15) is 47.0 Å². The molecule has 12 heavy (non-hydrogen) atoms. The van der Waals surface area contributed by atoms with E-state index < -0.39 is 0 Å². The molecular formula is C11H23N. The third-order valence-electron chi connectivity index (χ3n) is 3.72. The fraction of sp³-hybridized carbons (Fsp3) is 1.00. The molecule has 0 aromatic carbocycles. The first-order chi connectivity index (χ1) is 5.11. The van der Waals surface area contributed by atoms with Crippen molar-refractivity contribution >= 4 is 0 Å². The molecule has 0 saturated heterocycles. The van der Waals surface area contributed by atoms with Gasteiger partial charge in [-0.15, -0.1) is 0 Å². The smallest absolute Gasteiger partial charge is 0.00494 e. The number of rotatable bonds is 1. The predicted octanol–water partition coefficient (Wildman–Crippen LogP) is 2.80. The monoisotopic (exact) mass is 169 g/mol. The summed E-state index contributed by atoms with van der Waals surface area (Å²) in [4.78, 5) is 0. The maximum Gasteiger partial charge on any atom is 0.00494 e. The van der Waals surface area contributed by atoms with Gasteiger partial charge in [0.1, 0.15) is 0 Å². The highest BCUT2D eigenvalue weighted by molar-refractivity contribution is 5.04. The highest BCUT2D eigenvalue weighted by Gasteiger charge is 2.51. The van der Waals surface area contributed by atoms with Crippen LogP contribution in [0.25, 0.3) is 0 Å². The van der Waals surface area contributed by atoms with Gasteiger partial charge >= 0.3 is 0 Å². The Bertz CT molecular complexity index is 148. The predicted molar refractivity (Wildman–Crippen MR) is 53.9 cm³/mol. The zero-order valence-electron chi connectivity index (χ0n) is 7.64. The molecule has 0 amide bonds. The van der Waals surface area contributed by atoms with E-state index in [9.17, 15) is 0 Å². The van der Waals surface area contributed by atoms with Gasteiger partial charge in [0.2, 0.25) is 0 Å². The lowest BCUT2D eigenvalue weighted by Gasteiger charge is -2.58. The van der Waals surface area contributed by atoms with Gasteiger partial charge in [0.25, 0.3) is 0 Å². The van der Waals surface area contributed by atoms with Crippen molar-refractivity contribution in [2.24, 2.45) is 23.0 Å². The highest BCUT2D eigenvalue weighted by atomic mass is 14.7. The van der Waals surface area contributed by atoms with Crippen molar-refractivity contribution in [3.8, 4) is 0 Å². The molecule has 0 heterocycles. The Kier molecular flexibility index (Phi) is 2.53. The Morgan fingerprint density at radius 3 is 2.00 bits per heavy atom. The lowest BCUT2D eigenvalue weighted by molar-refractivity contribution is -0.0562. The summed E-state index contributed by atoms with van der Waals surface area (Å²) in [6, 6.07) is 0.545. The summed E-state index contributed by atoms with van der Waals surface area (Å²) >= 11 is 0. The second-order valence-electron chi connectivity index (χ2n) is 5.08. The maximum absolute atomic E-state index is 5.79. The molecule has 1 spiro atoms. The molecule has 0 aromatic heterocycles. The summed E-state index contributed by atoms with van der Waals surface area (Å²) in [7, 11) is 0. The molecule has 0 aliphatic heterocycles. The quantitative estimate of drug-likeness (QED) is 0.642. The Morgan fingerprint density at radius 2 is 1.67 bits per heavy atom. The zero-order chi connectivity index (χ0) is 8.06. The van der Waals surface area contributed by atoms with Crippen molar-refractivity contribution < 1.29 is 0 Å². The fourth-order valence-corrected chi connectivity index (χ4v) is 2.91. The molecule has 1 heteroatoms. The van der Waals surface area contributed by atoms with Crippen molar-refractivity contribution in [2.45, 2.75) is 53.0 Å². The van der Waals surface area contributed by atoms with Crippen molar-refractivity contribution in [1.29, 1.82) is 0 Å². The van der Waals surface area contributed by atoms with E-state index in [1.165, 1.54) is 25.7 Å². The van der Waals surface area contributed by atoms with E-state index in [2.05, 4.69) is 13.8 Å². The van der Waals surface area contributed by atoms with Crippen LogP contribution >= 0.6 is 0 Å². The van der Waals surface area contributed by atoms with Gasteiger partial charge in [0.15, 0.2) is 0 Å². The van der Waals surface area contributed by atoms with Crippen LogP contribution in [-0.2, 0) is 0 Å². The van der Waals surface area contributed by atoms with Crippen LogP contribution in [0, 0.1) is 17.3 Å². The van der Waals surface area contributed by atoms with Crippen LogP contribution in [0.2, 0.25) is 0 Å². The summed E-state index contributed by atoms with van der Waals surface area (Å²) < 4.78 is 0. The molecule has 2 aliphatic carbocycles. The minimum absolute atomic E-state index is 0. The van der Waals surface area contributed by atoms with Crippen LogP contribution in [0.5, 0.6) is 0 Å². The standard InChI is InChI=1S/C10H19N.CH4/c1-7(2)8-3-10(4-8)5-9(11)6-10;/h7-9H,3-6,11H2,1-2H3;1H4. The Hall–Kier alpha value is -0.0400. The van der Waals surface area contributed by atoms with E-state index in [1.807, 2.05) is 0 Å². The molecule has 2 N–H and O–H groups in total. The van der Waals surface area contributed by atoms with Crippen LogP contribution in [0.15, 0.2) is 0 Å². The number of hydrogen-bond donors (Lipinski definition) is 1. The van der Waals surface area contributed by atoms with E-state index in [-0.39, 0.29) is 7.43 Å². The maximum atomic E-state index is 5.79. The molecule has 2 aliphatic rings. The van der Waals surface area contributed by atoms with E-state index in [0.29, 0.717) is 6.04 Å². The zero-order valence-corrected chi connectivity index (χ0v) is 7.64. The summed E-state index contributed by atoms with van der Waals surface area (Å²) in [6.07, 6.45) is 5.57. The molecule has 72 valence electrons. The third kappa shape index (κ3) is 1.39. The van der Waals surface area contributed by atoms with E-state index >= 15 is 0 Å². The van der Waals surface area contributed by atoms with E-state index in [0.717, 1.165) is 17.3 Å². The minimum atomic E-state index is 0. The SMILES string of the molecule is C.CC(C)C1CC2(CC(N)C2)C1. The molecule has 0 aromatic rings. The van der Waals surface area contributed by atoms with Crippen molar-refractivity contribution in [2.75, 3.05) is 0 Å². The molecule has 0 radical (unpaired) electrons. The molecule has 2 saturated carbocycles. The first-order valence-electron chi connectivity index (χ1n) is 4.87. The van der Waals surface area contributed by atoms with Gasteiger partial charge in [0, 0.05) is 6.04 Å². The Balaban J connectivity index is 0.000000720. The molecule has 2 fully saturated rings. The largest absolute Gasteiger partial charge is 0.328 e. The lowest BCUT2D eigenvalue weighted by atomic mass is 9.48. The summed E-state index contributed by atoms with van der Waals surface area (Å²) in [5.41, 5.74) is 6.53. The first-order valence-corrected chi connectivity index (χ1v) is 4.87. The molecule has 1 nitrogen and oxygen atoms in total. The van der Waals surface area contributed by atoms with Gasteiger partial charge in [-0.1, -0.05) is 21.3 Å². The number of nitrogens with two attached hydrogens (primary N) is 1. The van der Waals surface area contributed by atoms with Gasteiger partial charge in [-0.25, -0.2) is 0 Å². The van der Waals surface area contributed by atoms with Crippen LogP contribution in [0.3, 0.4) is 0 Å². The topological polar surface area (TPSA) is 26.0 Å². The number of hydrogen-bond acceptors (Lipinski definition) is 1. The average Bonchev–Trinajstić information content (AvgIpc) is 1.73. The van der Waals surface area contributed by atoms with Gasteiger partial charge in [-0.2, -0.15) is 0 Å². The van der Waals surface area contributed by atoms with Crippen LogP contribution < -0.4 is 5.73 Å². The molecule has 0 bridgehead atoms. The van der Waals surface area contributed by atoms with Crippen molar-refractivity contribution in [3.05, 3.63) is 0 Å². The molecule has 0 unspecified atom stereocenters. The lowest BCUT2D eigenvalue weighted by Crippen LogP contribution is -2.54. The second-order valence-corrected chi connectivity index (χ2v) is 5.08.